The molecule has 2 aromatic rings. The third kappa shape index (κ3) is 3.70. The van der Waals surface area contributed by atoms with Gasteiger partial charge in [-0.05, 0) is 23.6 Å². The van der Waals surface area contributed by atoms with E-state index in [1.54, 1.807) is 19.5 Å². The van der Waals surface area contributed by atoms with Crippen molar-refractivity contribution in [3.05, 3.63) is 41.9 Å². The molecule has 0 bridgehead atoms. The van der Waals surface area contributed by atoms with Crippen molar-refractivity contribution in [2.45, 2.75) is 32.7 Å². The number of nitrogens with two attached hydrogens (primary N) is 1. The summed E-state index contributed by atoms with van der Waals surface area (Å²) in [5.41, 5.74) is 7.21. The summed E-state index contributed by atoms with van der Waals surface area (Å²) in [6.45, 7) is 6.73. The van der Waals surface area contributed by atoms with Crippen LogP contribution in [0, 0.1) is 0 Å². The molecule has 0 aliphatic rings. The second kappa shape index (κ2) is 6.10. The zero-order valence-electron chi connectivity index (χ0n) is 12.9. The monoisotopic (exact) mass is 287 g/mol. The van der Waals surface area contributed by atoms with Crippen LogP contribution in [0.3, 0.4) is 0 Å². The normalized spacial score (nSPS) is 11.3. The quantitative estimate of drug-likeness (QED) is 0.936. The summed E-state index contributed by atoms with van der Waals surface area (Å²) in [6.07, 6.45) is 3.20. The van der Waals surface area contributed by atoms with Crippen molar-refractivity contribution >= 4 is 0 Å². The molecule has 1 aromatic carbocycles. The van der Waals surface area contributed by atoms with Crippen LogP contribution >= 0.6 is 0 Å². The number of rotatable bonds is 4. The molecule has 5 nitrogen and oxygen atoms in total. The van der Waals surface area contributed by atoms with Crippen LogP contribution in [0.2, 0.25) is 0 Å². The molecule has 0 fully saturated rings. The molecule has 0 saturated heterocycles. The summed E-state index contributed by atoms with van der Waals surface area (Å²) < 4.78 is 11.2. The van der Waals surface area contributed by atoms with Gasteiger partial charge in [0.25, 0.3) is 0 Å². The highest BCUT2D eigenvalue weighted by atomic mass is 16.5. The van der Waals surface area contributed by atoms with Crippen molar-refractivity contribution < 1.29 is 9.47 Å². The van der Waals surface area contributed by atoms with E-state index in [2.05, 4.69) is 30.7 Å². The lowest BCUT2D eigenvalue weighted by Gasteiger charge is -2.23. The van der Waals surface area contributed by atoms with E-state index in [1.165, 1.54) is 0 Å². The third-order valence-corrected chi connectivity index (χ3v) is 3.10. The fraction of sp³-hybridized carbons (Fsp3) is 0.375. The Kier molecular flexibility index (Phi) is 4.43. The van der Waals surface area contributed by atoms with E-state index in [0.29, 0.717) is 12.4 Å². The highest BCUT2D eigenvalue weighted by molar-refractivity contribution is 5.45. The fourth-order valence-corrected chi connectivity index (χ4v) is 1.92. The van der Waals surface area contributed by atoms with Gasteiger partial charge in [-0.15, -0.1) is 0 Å². The lowest BCUT2D eigenvalue weighted by molar-refractivity contribution is 0.405. The number of aromatic nitrogens is 2. The maximum Gasteiger partial charge on any atom is 0.237 e. The first kappa shape index (κ1) is 15.3. The molecule has 0 aliphatic heterocycles. The smallest absolute Gasteiger partial charge is 0.237 e. The number of benzene rings is 1. The van der Waals surface area contributed by atoms with E-state index in [-0.39, 0.29) is 5.41 Å². The molecule has 0 spiro atoms. The van der Waals surface area contributed by atoms with Crippen molar-refractivity contribution in [3.8, 4) is 17.4 Å². The van der Waals surface area contributed by atoms with E-state index in [1.807, 2.05) is 18.2 Å². The summed E-state index contributed by atoms with van der Waals surface area (Å²) >= 11 is 0. The predicted molar refractivity (Wildman–Crippen MR) is 81.7 cm³/mol. The molecule has 112 valence electrons. The molecule has 5 heteroatoms. The lowest BCUT2D eigenvalue weighted by Crippen LogP contribution is -2.13. The fourth-order valence-electron chi connectivity index (χ4n) is 1.92. The molecular weight excluding hydrogens is 266 g/mol. The Hall–Kier alpha value is -2.14. The first-order valence-electron chi connectivity index (χ1n) is 6.81. The second-order valence-electron chi connectivity index (χ2n) is 5.76. The lowest BCUT2D eigenvalue weighted by atomic mass is 9.86. The molecule has 0 atom stereocenters. The molecule has 21 heavy (non-hydrogen) atoms. The van der Waals surface area contributed by atoms with E-state index in [4.69, 9.17) is 15.2 Å². The van der Waals surface area contributed by atoms with Crippen molar-refractivity contribution in [3.63, 3.8) is 0 Å². The van der Waals surface area contributed by atoms with Gasteiger partial charge in [0, 0.05) is 12.1 Å². The van der Waals surface area contributed by atoms with Crippen LogP contribution in [0.5, 0.6) is 17.4 Å². The average molecular weight is 287 g/mol. The van der Waals surface area contributed by atoms with E-state index in [0.717, 1.165) is 22.8 Å². The van der Waals surface area contributed by atoms with Crippen LogP contribution in [0.25, 0.3) is 0 Å². The SMILES string of the molecule is COc1ccc(Oc2cnc(CN)cn2)c(C(C)(C)C)c1. The first-order chi connectivity index (χ1) is 9.94. The Morgan fingerprint density at radius 3 is 2.43 bits per heavy atom. The van der Waals surface area contributed by atoms with Crippen LogP contribution in [0.1, 0.15) is 32.0 Å². The molecule has 2 N–H and O–H groups in total. The molecule has 0 saturated carbocycles. The van der Waals surface area contributed by atoms with Gasteiger partial charge in [0.2, 0.25) is 5.88 Å². The van der Waals surface area contributed by atoms with Gasteiger partial charge in [-0.25, -0.2) is 4.98 Å². The number of methoxy groups -OCH3 is 1. The van der Waals surface area contributed by atoms with Gasteiger partial charge in [0.15, 0.2) is 0 Å². The minimum atomic E-state index is -0.0749. The van der Waals surface area contributed by atoms with Crippen molar-refractivity contribution in [2.75, 3.05) is 7.11 Å². The molecule has 0 amide bonds. The van der Waals surface area contributed by atoms with Gasteiger partial charge in [-0.1, -0.05) is 20.8 Å². The van der Waals surface area contributed by atoms with Crippen LogP contribution in [-0.4, -0.2) is 17.1 Å². The zero-order chi connectivity index (χ0) is 15.5. The van der Waals surface area contributed by atoms with Gasteiger partial charge < -0.3 is 15.2 Å². The minimum absolute atomic E-state index is 0.0749. The third-order valence-electron chi connectivity index (χ3n) is 3.10. The van der Waals surface area contributed by atoms with Crippen LogP contribution in [-0.2, 0) is 12.0 Å². The van der Waals surface area contributed by atoms with Crippen molar-refractivity contribution in [1.82, 2.24) is 9.97 Å². The highest BCUT2D eigenvalue weighted by Gasteiger charge is 2.20. The van der Waals surface area contributed by atoms with E-state index >= 15 is 0 Å². The highest BCUT2D eigenvalue weighted by Crippen LogP contribution is 2.36. The Labute approximate surface area is 125 Å². The van der Waals surface area contributed by atoms with E-state index in [9.17, 15) is 0 Å². The standard InChI is InChI=1S/C16H21N3O2/c1-16(2,3)13-7-12(20-4)5-6-14(13)21-15-10-18-11(8-17)9-19-15/h5-7,9-10H,8,17H2,1-4H3. The van der Waals surface area contributed by atoms with Gasteiger partial charge in [0.05, 0.1) is 25.2 Å². The van der Waals surface area contributed by atoms with Crippen molar-refractivity contribution in [2.24, 2.45) is 5.73 Å². The second-order valence-corrected chi connectivity index (χ2v) is 5.76. The summed E-state index contributed by atoms with van der Waals surface area (Å²) in [4.78, 5) is 8.40. The van der Waals surface area contributed by atoms with Gasteiger partial charge in [0.1, 0.15) is 11.5 Å². The van der Waals surface area contributed by atoms with E-state index < -0.39 is 0 Å². The van der Waals surface area contributed by atoms with Gasteiger partial charge in [-0.2, -0.15) is 0 Å². The number of hydrogen-bond acceptors (Lipinski definition) is 5. The maximum absolute atomic E-state index is 5.87. The number of ether oxygens (including phenoxy) is 2. The minimum Gasteiger partial charge on any atom is -0.497 e. The molecule has 1 aromatic heterocycles. The first-order valence-corrected chi connectivity index (χ1v) is 6.81. The summed E-state index contributed by atoms with van der Waals surface area (Å²) in [5, 5.41) is 0. The van der Waals surface area contributed by atoms with Crippen LogP contribution < -0.4 is 15.2 Å². The largest absolute Gasteiger partial charge is 0.497 e. The molecule has 0 aliphatic carbocycles. The summed E-state index contributed by atoms with van der Waals surface area (Å²) in [6, 6.07) is 5.74. The van der Waals surface area contributed by atoms with Crippen LogP contribution in [0.4, 0.5) is 0 Å². The molecule has 2 rings (SSSR count). The Balaban J connectivity index is 2.34. The summed E-state index contributed by atoms with van der Waals surface area (Å²) in [5.74, 6) is 2.00. The van der Waals surface area contributed by atoms with Gasteiger partial charge in [-0.3, -0.25) is 4.98 Å². The number of nitrogens with zero attached hydrogens (tertiary/aromatic N) is 2. The molecule has 0 unspecified atom stereocenters. The van der Waals surface area contributed by atoms with Gasteiger partial charge >= 0.3 is 0 Å². The van der Waals surface area contributed by atoms with Crippen molar-refractivity contribution in [1.29, 1.82) is 0 Å². The topological polar surface area (TPSA) is 70.3 Å². The predicted octanol–water partition coefficient (Wildman–Crippen LogP) is 3.03. The Morgan fingerprint density at radius 1 is 1.14 bits per heavy atom. The average Bonchev–Trinajstić information content (AvgIpc) is 2.47. The molecule has 1 heterocycles. The maximum atomic E-state index is 5.87. The Morgan fingerprint density at radius 2 is 1.90 bits per heavy atom. The summed E-state index contributed by atoms with van der Waals surface area (Å²) in [7, 11) is 1.65. The number of hydrogen-bond donors (Lipinski definition) is 1. The zero-order valence-corrected chi connectivity index (χ0v) is 12.9. The van der Waals surface area contributed by atoms with Crippen LogP contribution in [0.15, 0.2) is 30.6 Å². The Bertz CT molecular complexity index is 604. The molecule has 0 radical (unpaired) electrons. The molecular formula is C16H21N3O2.